The highest BCUT2D eigenvalue weighted by atomic mass is 16.1. The first kappa shape index (κ1) is 13.4. The van der Waals surface area contributed by atoms with Gasteiger partial charge in [-0.3, -0.25) is 4.79 Å². The van der Waals surface area contributed by atoms with Crippen molar-refractivity contribution in [3.8, 4) is 0 Å². The van der Waals surface area contributed by atoms with Gasteiger partial charge in [0, 0.05) is 18.5 Å². The van der Waals surface area contributed by atoms with E-state index < -0.39 is 0 Å². The van der Waals surface area contributed by atoms with Gasteiger partial charge in [0.05, 0.1) is 0 Å². The molecule has 0 aliphatic carbocycles. The molecule has 0 rings (SSSR count). The van der Waals surface area contributed by atoms with Crippen LogP contribution in [0.25, 0.3) is 0 Å². The third-order valence-electron chi connectivity index (χ3n) is 2.05. The molecule has 0 aromatic carbocycles. The van der Waals surface area contributed by atoms with Crippen LogP contribution in [0.3, 0.4) is 0 Å². The lowest BCUT2D eigenvalue weighted by Crippen LogP contribution is -2.37. The molecule has 1 unspecified atom stereocenters. The molecule has 0 bridgehead atoms. The molecule has 1 atom stereocenters. The zero-order valence-corrected chi connectivity index (χ0v) is 10.1. The van der Waals surface area contributed by atoms with Gasteiger partial charge in [-0.05, 0) is 33.2 Å². The van der Waals surface area contributed by atoms with Gasteiger partial charge in [-0.25, -0.2) is 0 Å². The smallest absolute Gasteiger partial charge is 0.221 e. The lowest BCUT2D eigenvalue weighted by Gasteiger charge is -2.18. The molecular weight excluding hydrogens is 176 g/mol. The molecule has 0 saturated carbocycles. The fourth-order valence-corrected chi connectivity index (χ4v) is 1.48. The molecule has 84 valence electrons. The SMILES string of the molecule is CNC(CC(=O)NC(C)C)CC(C)C. The number of nitrogens with one attached hydrogen (secondary N) is 2. The minimum atomic E-state index is 0.139. The van der Waals surface area contributed by atoms with E-state index in [1.54, 1.807) is 0 Å². The van der Waals surface area contributed by atoms with Crippen molar-refractivity contribution in [3.63, 3.8) is 0 Å². The van der Waals surface area contributed by atoms with Gasteiger partial charge >= 0.3 is 0 Å². The van der Waals surface area contributed by atoms with E-state index >= 15 is 0 Å². The van der Waals surface area contributed by atoms with Crippen LogP contribution in [-0.2, 0) is 4.79 Å². The van der Waals surface area contributed by atoms with E-state index in [1.165, 1.54) is 0 Å². The average molecular weight is 200 g/mol. The third-order valence-corrected chi connectivity index (χ3v) is 2.05. The highest BCUT2D eigenvalue weighted by molar-refractivity contribution is 5.76. The van der Waals surface area contributed by atoms with Crippen LogP contribution in [0.5, 0.6) is 0 Å². The fraction of sp³-hybridized carbons (Fsp3) is 0.909. The van der Waals surface area contributed by atoms with E-state index in [4.69, 9.17) is 0 Å². The van der Waals surface area contributed by atoms with Crippen molar-refractivity contribution >= 4 is 5.91 Å². The van der Waals surface area contributed by atoms with E-state index in [2.05, 4.69) is 24.5 Å². The lowest BCUT2D eigenvalue weighted by atomic mass is 10.0. The third kappa shape index (κ3) is 6.89. The molecule has 3 nitrogen and oxygen atoms in total. The summed E-state index contributed by atoms with van der Waals surface area (Å²) in [6.07, 6.45) is 1.62. The molecule has 0 aromatic rings. The van der Waals surface area contributed by atoms with Crippen LogP contribution >= 0.6 is 0 Å². The van der Waals surface area contributed by atoms with Crippen molar-refractivity contribution in [2.45, 2.75) is 52.6 Å². The topological polar surface area (TPSA) is 41.1 Å². The van der Waals surface area contributed by atoms with Gasteiger partial charge in [-0.1, -0.05) is 13.8 Å². The van der Waals surface area contributed by atoms with E-state index in [0.717, 1.165) is 6.42 Å². The molecule has 0 aromatic heterocycles. The van der Waals surface area contributed by atoms with Gasteiger partial charge in [0.2, 0.25) is 5.91 Å². The number of amides is 1. The van der Waals surface area contributed by atoms with Crippen LogP contribution in [0.4, 0.5) is 0 Å². The van der Waals surface area contributed by atoms with Gasteiger partial charge < -0.3 is 10.6 Å². The van der Waals surface area contributed by atoms with E-state index in [0.29, 0.717) is 18.4 Å². The van der Waals surface area contributed by atoms with Crippen molar-refractivity contribution in [2.75, 3.05) is 7.05 Å². The first-order chi connectivity index (χ1) is 6.45. The largest absolute Gasteiger partial charge is 0.354 e. The quantitative estimate of drug-likeness (QED) is 0.683. The van der Waals surface area contributed by atoms with Crippen molar-refractivity contribution in [1.29, 1.82) is 0 Å². The normalized spacial score (nSPS) is 13.4. The summed E-state index contributed by atoms with van der Waals surface area (Å²) in [5.41, 5.74) is 0. The number of carbonyl (C=O) groups excluding carboxylic acids is 1. The van der Waals surface area contributed by atoms with Crippen molar-refractivity contribution in [1.82, 2.24) is 10.6 Å². The Morgan fingerprint density at radius 2 is 1.79 bits per heavy atom. The number of rotatable bonds is 6. The van der Waals surface area contributed by atoms with Crippen molar-refractivity contribution < 1.29 is 4.79 Å². The highest BCUT2D eigenvalue weighted by Crippen LogP contribution is 2.07. The standard InChI is InChI=1S/C11H24N2O/c1-8(2)6-10(12-5)7-11(14)13-9(3)4/h8-10,12H,6-7H2,1-5H3,(H,13,14). The molecule has 0 saturated heterocycles. The average Bonchev–Trinajstić information content (AvgIpc) is 2.00. The Morgan fingerprint density at radius 3 is 2.14 bits per heavy atom. The molecule has 0 aliphatic heterocycles. The molecule has 14 heavy (non-hydrogen) atoms. The van der Waals surface area contributed by atoms with Gasteiger partial charge in [-0.2, -0.15) is 0 Å². The Balaban J connectivity index is 3.86. The molecule has 1 amide bonds. The van der Waals surface area contributed by atoms with Gasteiger partial charge in [-0.15, -0.1) is 0 Å². The van der Waals surface area contributed by atoms with Crippen LogP contribution in [0.15, 0.2) is 0 Å². The molecule has 0 heterocycles. The van der Waals surface area contributed by atoms with E-state index in [9.17, 15) is 4.79 Å². The molecule has 2 N–H and O–H groups in total. The van der Waals surface area contributed by atoms with Crippen LogP contribution in [-0.4, -0.2) is 25.0 Å². The van der Waals surface area contributed by atoms with Crippen molar-refractivity contribution in [2.24, 2.45) is 5.92 Å². The van der Waals surface area contributed by atoms with E-state index in [-0.39, 0.29) is 11.9 Å². The second-order valence-corrected chi connectivity index (χ2v) is 4.54. The zero-order valence-electron chi connectivity index (χ0n) is 10.1. The predicted molar refractivity (Wildman–Crippen MR) is 60.2 cm³/mol. The summed E-state index contributed by atoms with van der Waals surface area (Å²) in [6, 6.07) is 0.535. The maximum absolute atomic E-state index is 11.5. The molecule has 0 radical (unpaired) electrons. The highest BCUT2D eigenvalue weighted by Gasteiger charge is 2.13. The molecule has 3 heteroatoms. The minimum absolute atomic E-state index is 0.139. The summed E-state index contributed by atoms with van der Waals surface area (Å²) < 4.78 is 0. The van der Waals surface area contributed by atoms with Crippen LogP contribution in [0, 0.1) is 5.92 Å². The van der Waals surface area contributed by atoms with E-state index in [1.807, 2.05) is 20.9 Å². The summed E-state index contributed by atoms with van der Waals surface area (Å²) in [5.74, 6) is 0.763. The maximum atomic E-state index is 11.5. The Morgan fingerprint density at radius 1 is 1.21 bits per heavy atom. The van der Waals surface area contributed by atoms with Gasteiger partial charge in [0.15, 0.2) is 0 Å². The molecule has 0 fully saturated rings. The summed E-state index contributed by atoms with van der Waals surface area (Å²) in [6.45, 7) is 8.30. The summed E-state index contributed by atoms with van der Waals surface area (Å²) in [5, 5.41) is 6.08. The number of carbonyl (C=O) groups is 1. The molecule has 0 aliphatic rings. The summed E-state index contributed by atoms with van der Waals surface area (Å²) in [4.78, 5) is 11.5. The number of hydrogen-bond donors (Lipinski definition) is 2. The Hall–Kier alpha value is -0.570. The van der Waals surface area contributed by atoms with Crippen LogP contribution in [0.2, 0.25) is 0 Å². The fourth-order valence-electron chi connectivity index (χ4n) is 1.48. The molecular formula is C11H24N2O. The molecule has 0 spiro atoms. The summed E-state index contributed by atoms with van der Waals surface area (Å²) in [7, 11) is 1.91. The predicted octanol–water partition coefficient (Wildman–Crippen LogP) is 1.54. The Kier molecular flexibility index (Phi) is 6.54. The minimum Gasteiger partial charge on any atom is -0.354 e. The first-order valence-corrected chi connectivity index (χ1v) is 5.42. The van der Waals surface area contributed by atoms with Crippen LogP contribution < -0.4 is 10.6 Å². The Labute approximate surface area is 87.6 Å². The zero-order chi connectivity index (χ0) is 11.1. The lowest BCUT2D eigenvalue weighted by molar-refractivity contribution is -0.122. The van der Waals surface area contributed by atoms with Crippen LogP contribution in [0.1, 0.15) is 40.5 Å². The monoisotopic (exact) mass is 200 g/mol. The van der Waals surface area contributed by atoms with Gasteiger partial charge in [0.25, 0.3) is 0 Å². The van der Waals surface area contributed by atoms with Gasteiger partial charge in [0.1, 0.15) is 0 Å². The Bertz CT molecular complexity index is 167. The number of hydrogen-bond acceptors (Lipinski definition) is 2. The second-order valence-electron chi connectivity index (χ2n) is 4.54. The van der Waals surface area contributed by atoms with Crippen molar-refractivity contribution in [3.05, 3.63) is 0 Å². The maximum Gasteiger partial charge on any atom is 0.221 e. The summed E-state index contributed by atoms with van der Waals surface area (Å²) >= 11 is 0. The first-order valence-electron chi connectivity index (χ1n) is 5.42. The second kappa shape index (κ2) is 6.82.